The Morgan fingerprint density at radius 3 is 3.00 bits per heavy atom. The summed E-state index contributed by atoms with van der Waals surface area (Å²) < 4.78 is 1.75. The summed E-state index contributed by atoms with van der Waals surface area (Å²) >= 11 is 0. The van der Waals surface area contributed by atoms with Crippen molar-refractivity contribution in [1.29, 1.82) is 0 Å². The van der Waals surface area contributed by atoms with Gasteiger partial charge in [-0.05, 0) is 24.5 Å². The summed E-state index contributed by atoms with van der Waals surface area (Å²) in [6, 6.07) is 3.24. The molecule has 0 saturated heterocycles. The first-order chi connectivity index (χ1) is 10.2. The van der Waals surface area contributed by atoms with Crippen LogP contribution in [0.4, 0.5) is 16.4 Å². The van der Waals surface area contributed by atoms with Crippen molar-refractivity contribution < 1.29 is 9.59 Å². The van der Waals surface area contributed by atoms with Gasteiger partial charge in [-0.15, -0.1) is 0 Å². The minimum absolute atomic E-state index is 0.287. The first-order valence-electron chi connectivity index (χ1n) is 6.69. The fraction of sp³-hybridized carbons (Fsp3) is 0.286. The number of carbonyl (C=O) groups excluding carboxylic acids is 2. The van der Waals surface area contributed by atoms with E-state index in [-0.39, 0.29) is 6.03 Å². The molecule has 108 valence electrons. The predicted octanol–water partition coefficient (Wildman–Crippen LogP) is 1.61. The zero-order valence-electron chi connectivity index (χ0n) is 11.6. The van der Waals surface area contributed by atoms with Crippen molar-refractivity contribution >= 4 is 24.0 Å². The van der Waals surface area contributed by atoms with Crippen LogP contribution in [0.5, 0.6) is 0 Å². The average Bonchev–Trinajstić information content (AvgIpc) is 2.91. The summed E-state index contributed by atoms with van der Waals surface area (Å²) in [5.74, 6) is 1.04. The topological polar surface area (TPSA) is 80.1 Å². The monoisotopic (exact) mass is 285 g/mol. The number of urea groups is 1. The highest BCUT2D eigenvalue weighted by Gasteiger charge is 2.24. The lowest BCUT2D eigenvalue weighted by molar-refractivity contribution is 0.111. The van der Waals surface area contributed by atoms with E-state index < -0.39 is 0 Å². The van der Waals surface area contributed by atoms with E-state index in [2.05, 4.69) is 15.3 Å². The van der Waals surface area contributed by atoms with Gasteiger partial charge in [-0.1, -0.05) is 6.07 Å². The van der Waals surface area contributed by atoms with Gasteiger partial charge in [0.05, 0.1) is 6.33 Å². The van der Waals surface area contributed by atoms with Gasteiger partial charge in [0, 0.05) is 19.8 Å². The lowest BCUT2D eigenvalue weighted by Gasteiger charge is -2.28. The highest BCUT2D eigenvalue weighted by Crippen LogP contribution is 2.25. The Balaban J connectivity index is 1.86. The molecule has 1 N–H and O–H groups in total. The molecule has 1 aliphatic heterocycles. The number of aryl methyl sites for hydroxylation is 2. The number of aldehydes is 1. The Bertz CT molecular complexity index is 694. The second kappa shape index (κ2) is 5.35. The van der Waals surface area contributed by atoms with Crippen LogP contribution in [0.3, 0.4) is 0 Å². The minimum Gasteiger partial charge on any atom is -0.338 e. The Hall–Kier alpha value is -2.70. The number of nitrogens with one attached hydrogen (secondary N) is 1. The summed E-state index contributed by atoms with van der Waals surface area (Å²) in [5.41, 5.74) is 1.30. The number of carbonyl (C=O) groups is 2. The Morgan fingerprint density at radius 2 is 2.29 bits per heavy atom. The van der Waals surface area contributed by atoms with E-state index in [0.29, 0.717) is 30.2 Å². The first-order valence-corrected chi connectivity index (χ1v) is 6.69. The van der Waals surface area contributed by atoms with Gasteiger partial charge in [-0.25, -0.2) is 14.8 Å². The number of hydrogen-bond donors (Lipinski definition) is 1. The van der Waals surface area contributed by atoms with Crippen molar-refractivity contribution in [3.05, 3.63) is 35.9 Å². The first kappa shape index (κ1) is 13.3. The van der Waals surface area contributed by atoms with Crippen LogP contribution >= 0.6 is 0 Å². The van der Waals surface area contributed by atoms with E-state index >= 15 is 0 Å². The highest BCUT2D eigenvalue weighted by molar-refractivity contribution is 6.01. The minimum atomic E-state index is -0.287. The van der Waals surface area contributed by atoms with Gasteiger partial charge in [0.25, 0.3) is 0 Å². The van der Waals surface area contributed by atoms with E-state index in [0.717, 1.165) is 18.4 Å². The zero-order chi connectivity index (χ0) is 14.8. The summed E-state index contributed by atoms with van der Waals surface area (Å²) in [5, 5.41) is 2.74. The largest absolute Gasteiger partial charge is 0.338 e. The normalized spacial score (nSPS) is 13.7. The molecule has 0 unspecified atom stereocenters. The summed E-state index contributed by atoms with van der Waals surface area (Å²) in [4.78, 5) is 33.1. The van der Waals surface area contributed by atoms with Crippen LogP contribution in [-0.2, 0) is 13.5 Å². The van der Waals surface area contributed by atoms with E-state index in [4.69, 9.17) is 0 Å². The van der Waals surface area contributed by atoms with Crippen molar-refractivity contribution in [2.45, 2.75) is 12.8 Å². The Kier molecular flexibility index (Phi) is 3.39. The molecule has 0 atom stereocenters. The summed E-state index contributed by atoms with van der Waals surface area (Å²) in [6.45, 7) is 0.570. The maximum absolute atomic E-state index is 12.4. The van der Waals surface area contributed by atoms with Gasteiger partial charge in [-0.2, -0.15) is 0 Å². The van der Waals surface area contributed by atoms with Crippen molar-refractivity contribution in [1.82, 2.24) is 14.5 Å². The number of rotatable bonds is 2. The zero-order valence-corrected chi connectivity index (χ0v) is 11.6. The molecule has 7 heteroatoms. The number of amides is 2. The van der Waals surface area contributed by atoms with Crippen LogP contribution in [0.25, 0.3) is 0 Å². The fourth-order valence-corrected chi connectivity index (χ4v) is 2.37. The molecule has 7 nitrogen and oxygen atoms in total. The quantitative estimate of drug-likeness (QED) is 0.850. The maximum Gasteiger partial charge on any atom is 0.328 e. The Morgan fingerprint density at radius 1 is 1.43 bits per heavy atom. The second-order valence-corrected chi connectivity index (χ2v) is 4.95. The molecule has 21 heavy (non-hydrogen) atoms. The molecule has 0 aromatic carbocycles. The molecular formula is C14H15N5O2. The summed E-state index contributed by atoms with van der Waals surface area (Å²) in [6.07, 6.45) is 5.74. The van der Waals surface area contributed by atoms with E-state index in [1.54, 1.807) is 28.1 Å². The van der Waals surface area contributed by atoms with E-state index in [1.165, 1.54) is 0 Å². The molecule has 0 fully saturated rings. The smallest absolute Gasteiger partial charge is 0.328 e. The number of fused-ring (bicyclic) bond motifs is 1. The van der Waals surface area contributed by atoms with Crippen LogP contribution < -0.4 is 10.2 Å². The lowest BCUT2D eigenvalue weighted by atomic mass is 10.1. The molecular weight excluding hydrogens is 270 g/mol. The van der Waals surface area contributed by atoms with Crippen molar-refractivity contribution in [2.75, 3.05) is 16.8 Å². The van der Waals surface area contributed by atoms with Crippen LogP contribution in [0.1, 0.15) is 22.5 Å². The van der Waals surface area contributed by atoms with Gasteiger partial charge in [-0.3, -0.25) is 15.0 Å². The third kappa shape index (κ3) is 2.62. The maximum atomic E-state index is 12.4. The molecule has 3 heterocycles. The number of pyridine rings is 1. The lowest BCUT2D eigenvalue weighted by Crippen LogP contribution is -2.39. The van der Waals surface area contributed by atoms with Gasteiger partial charge < -0.3 is 4.57 Å². The highest BCUT2D eigenvalue weighted by atomic mass is 16.2. The number of hydrogen-bond acceptors (Lipinski definition) is 4. The molecule has 0 bridgehead atoms. The predicted molar refractivity (Wildman–Crippen MR) is 77.5 cm³/mol. The van der Waals surface area contributed by atoms with Crippen LogP contribution in [-0.4, -0.2) is 33.4 Å². The molecule has 0 radical (unpaired) electrons. The van der Waals surface area contributed by atoms with Gasteiger partial charge in [0.1, 0.15) is 11.5 Å². The summed E-state index contributed by atoms with van der Waals surface area (Å²) in [7, 11) is 1.83. The standard InChI is InChI=1S/C14H15N5O2/c1-18-7-12(15-9-18)17-14(21)19-6-2-3-10-4-5-11(8-20)16-13(10)19/h4-5,7-9H,2-3,6H2,1H3,(H,17,21). The Labute approximate surface area is 121 Å². The fourth-order valence-electron chi connectivity index (χ4n) is 2.37. The molecule has 0 saturated carbocycles. The number of imidazole rings is 1. The molecule has 1 aliphatic rings. The van der Waals surface area contributed by atoms with E-state index in [1.807, 2.05) is 13.1 Å². The number of nitrogens with zero attached hydrogens (tertiary/aromatic N) is 4. The molecule has 2 amide bonds. The number of anilines is 2. The van der Waals surface area contributed by atoms with Crippen LogP contribution in [0, 0.1) is 0 Å². The van der Waals surface area contributed by atoms with Crippen LogP contribution in [0.2, 0.25) is 0 Å². The van der Waals surface area contributed by atoms with E-state index in [9.17, 15) is 9.59 Å². The molecule has 2 aromatic rings. The number of aromatic nitrogens is 3. The third-order valence-electron chi connectivity index (χ3n) is 3.37. The van der Waals surface area contributed by atoms with Gasteiger partial charge in [0.2, 0.25) is 0 Å². The van der Waals surface area contributed by atoms with Crippen molar-refractivity contribution in [3.8, 4) is 0 Å². The molecule has 2 aromatic heterocycles. The molecule has 0 aliphatic carbocycles. The SMILES string of the molecule is Cn1cnc(NC(=O)N2CCCc3ccc(C=O)nc32)c1. The molecule has 3 rings (SSSR count). The third-order valence-corrected chi connectivity index (χ3v) is 3.37. The van der Waals surface area contributed by atoms with Crippen molar-refractivity contribution in [3.63, 3.8) is 0 Å². The second-order valence-electron chi connectivity index (χ2n) is 4.95. The van der Waals surface area contributed by atoms with Crippen molar-refractivity contribution in [2.24, 2.45) is 7.05 Å². The van der Waals surface area contributed by atoms with Gasteiger partial charge in [0.15, 0.2) is 12.1 Å². The molecule has 0 spiro atoms. The van der Waals surface area contributed by atoms with Gasteiger partial charge >= 0.3 is 6.03 Å². The average molecular weight is 285 g/mol. The van der Waals surface area contributed by atoms with Crippen LogP contribution in [0.15, 0.2) is 24.7 Å².